The summed E-state index contributed by atoms with van der Waals surface area (Å²) in [6, 6.07) is 14.9. The summed E-state index contributed by atoms with van der Waals surface area (Å²) >= 11 is 0. The molecule has 24 heavy (non-hydrogen) atoms. The van der Waals surface area contributed by atoms with Crippen LogP contribution >= 0.6 is 0 Å². The van der Waals surface area contributed by atoms with Crippen molar-refractivity contribution in [2.24, 2.45) is 0 Å². The van der Waals surface area contributed by atoms with Crippen LogP contribution < -0.4 is 16.6 Å². The van der Waals surface area contributed by atoms with Crippen molar-refractivity contribution in [2.45, 2.75) is 13.3 Å². The Kier molecular flexibility index (Phi) is 4.33. The number of hydrogen-bond donors (Lipinski definition) is 3. The molecule has 1 heterocycles. The van der Waals surface area contributed by atoms with E-state index >= 15 is 0 Å². The van der Waals surface area contributed by atoms with Gasteiger partial charge in [-0.25, -0.2) is 0 Å². The average Bonchev–Trinajstić information content (AvgIpc) is 2.56. The maximum Gasteiger partial charge on any atom is 0.261 e. The van der Waals surface area contributed by atoms with Gasteiger partial charge in [0.2, 0.25) is 0 Å². The second-order valence-corrected chi connectivity index (χ2v) is 5.81. The normalized spacial score (nSPS) is 10.7. The molecule has 3 aromatic rings. The number of H-pyrrole nitrogens is 1. The first-order valence-electron chi connectivity index (χ1n) is 7.80. The third-order valence-electron chi connectivity index (χ3n) is 3.99. The molecule has 0 unspecified atom stereocenters. The van der Waals surface area contributed by atoms with Crippen molar-refractivity contribution in [3.8, 4) is 0 Å². The Morgan fingerprint density at radius 2 is 1.92 bits per heavy atom. The molecule has 0 spiro atoms. The quantitative estimate of drug-likeness (QED) is 0.645. The van der Waals surface area contributed by atoms with Gasteiger partial charge in [0.05, 0.1) is 5.52 Å². The number of nitrogens with one attached hydrogen (secondary N) is 2. The summed E-state index contributed by atoms with van der Waals surface area (Å²) in [5, 5.41) is 3.45. The number of aryl methyl sites for hydroxylation is 1. The van der Waals surface area contributed by atoms with E-state index in [-0.39, 0.29) is 5.56 Å². The zero-order valence-corrected chi connectivity index (χ0v) is 13.4. The van der Waals surface area contributed by atoms with Gasteiger partial charge in [-0.05, 0) is 37.1 Å². The summed E-state index contributed by atoms with van der Waals surface area (Å²) in [4.78, 5) is 27.1. The summed E-state index contributed by atoms with van der Waals surface area (Å²) in [6.45, 7) is 2.49. The van der Waals surface area contributed by atoms with Gasteiger partial charge in [-0.2, -0.15) is 0 Å². The minimum absolute atomic E-state index is 0.0734. The van der Waals surface area contributed by atoms with Crippen LogP contribution in [0.3, 0.4) is 0 Å². The molecule has 122 valence electrons. The number of carbonyl (C=O) groups is 1. The molecule has 5 nitrogen and oxygen atoms in total. The Morgan fingerprint density at radius 1 is 1.17 bits per heavy atom. The monoisotopic (exact) mass is 321 g/mol. The SMILES string of the molecule is Cc1ccc(CCNC(=O)c2cc3c(N)cccc3[nH]c2=O)cc1. The van der Waals surface area contributed by atoms with Crippen molar-refractivity contribution in [2.75, 3.05) is 12.3 Å². The molecule has 1 aromatic heterocycles. The lowest BCUT2D eigenvalue weighted by molar-refractivity contribution is 0.0953. The summed E-state index contributed by atoms with van der Waals surface area (Å²) in [6.07, 6.45) is 0.708. The zero-order chi connectivity index (χ0) is 17.1. The van der Waals surface area contributed by atoms with Gasteiger partial charge in [0.15, 0.2) is 0 Å². The number of benzene rings is 2. The molecule has 0 aliphatic carbocycles. The largest absolute Gasteiger partial charge is 0.398 e. The number of pyridine rings is 1. The first-order valence-corrected chi connectivity index (χ1v) is 7.80. The number of nitrogens with two attached hydrogens (primary N) is 1. The fourth-order valence-electron chi connectivity index (χ4n) is 2.59. The van der Waals surface area contributed by atoms with E-state index in [1.54, 1.807) is 24.3 Å². The van der Waals surface area contributed by atoms with Crippen LogP contribution in [0.4, 0.5) is 5.69 Å². The molecule has 0 saturated heterocycles. The lowest BCUT2D eigenvalue weighted by Gasteiger charge is -2.07. The smallest absolute Gasteiger partial charge is 0.261 e. The fourth-order valence-corrected chi connectivity index (χ4v) is 2.59. The lowest BCUT2D eigenvalue weighted by atomic mass is 10.1. The lowest BCUT2D eigenvalue weighted by Crippen LogP contribution is -2.31. The van der Waals surface area contributed by atoms with Crippen molar-refractivity contribution in [3.05, 3.63) is 75.6 Å². The second kappa shape index (κ2) is 6.58. The molecule has 0 aliphatic heterocycles. The molecule has 0 aliphatic rings. The number of anilines is 1. The molecule has 2 aromatic carbocycles. The molecule has 0 fully saturated rings. The molecule has 0 saturated carbocycles. The van der Waals surface area contributed by atoms with Crippen LogP contribution in [0.5, 0.6) is 0 Å². The van der Waals surface area contributed by atoms with Crippen molar-refractivity contribution >= 4 is 22.5 Å². The van der Waals surface area contributed by atoms with E-state index in [2.05, 4.69) is 10.3 Å². The minimum atomic E-state index is -0.416. The van der Waals surface area contributed by atoms with Crippen LogP contribution in [0.25, 0.3) is 10.9 Å². The number of aromatic nitrogens is 1. The van der Waals surface area contributed by atoms with Gasteiger partial charge in [-0.3, -0.25) is 9.59 Å². The molecule has 0 radical (unpaired) electrons. The van der Waals surface area contributed by atoms with E-state index in [0.29, 0.717) is 29.6 Å². The Morgan fingerprint density at radius 3 is 2.67 bits per heavy atom. The highest BCUT2D eigenvalue weighted by atomic mass is 16.2. The highest BCUT2D eigenvalue weighted by Crippen LogP contribution is 2.18. The summed E-state index contributed by atoms with van der Waals surface area (Å²) in [7, 11) is 0. The van der Waals surface area contributed by atoms with E-state index in [4.69, 9.17) is 5.73 Å². The van der Waals surface area contributed by atoms with Gasteiger partial charge in [0.25, 0.3) is 11.5 Å². The molecular formula is C19H19N3O2. The summed E-state index contributed by atoms with van der Waals surface area (Å²) < 4.78 is 0. The second-order valence-electron chi connectivity index (χ2n) is 5.81. The predicted octanol–water partition coefficient (Wildman–Crippen LogP) is 2.39. The van der Waals surface area contributed by atoms with Gasteiger partial charge in [0.1, 0.15) is 5.56 Å². The number of rotatable bonds is 4. The van der Waals surface area contributed by atoms with E-state index in [1.807, 2.05) is 31.2 Å². The van der Waals surface area contributed by atoms with Crippen LogP contribution in [-0.2, 0) is 6.42 Å². The van der Waals surface area contributed by atoms with E-state index in [0.717, 1.165) is 5.56 Å². The number of aromatic amines is 1. The Balaban J connectivity index is 1.74. The molecule has 0 bridgehead atoms. The molecular weight excluding hydrogens is 302 g/mol. The first-order chi connectivity index (χ1) is 11.5. The molecule has 5 heteroatoms. The molecule has 4 N–H and O–H groups in total. The first kappa shape index (κ1) is 15.8. The standard InChI is InChI=1S/C19H19N3O2/c1-12-5-7-13(8-6-12)9-10-21-18(23)15-11-14-16(20)3-2-4-17(14)22-19(15)24/h2-8,11H,9-10,20H2,1H3,(H,21,23)(H,22,24). The predicted molar refractivity (Wildman–Crippen MR) is 96.2 cm³/mol. The van der Waals surface area contributed by atoms with Crippen LogP contribution in [0.15, 0.2) is 53.3 Å². The van der Waals surface area contributed by atoms with Gasteiger partial charge in [-0.15, -0.1) is 0 Å². The highest BCUT2D eigenvalue weighted by molar-refractivity contribution is 5.99. The Bertz CT molecular complexity index is 943. The van der Waals surface area contributed by atoms with E-state index in [9.17, 15) is 9.59 Å². The maximum atomic E-state index is 12.3. The molecule has 3 rings (SSSR count). The van der Waals surface area contributed by atoms with Gasteiger partial charge in [-0.1, -0.05) is 35.9 Å². The van der Waals surface area contributed by atoms with Crippen molar-refractivity contribution in [3.63, 3.8) is 0 Å². The minimum Gasteiger partial charge on any atom is -0.398 e. The van der Waals surface area contributed by atoms with Crippen LogP contribution in [0, 0.1) is 6.92 Å². The highest BCUT2D eigenvalue weighted by Gasteiger charge is 2.12. The topological polar surface area (TPSA) is 88.0 Å². The third kappa shape index (κ3) is 3.30. The van der Waals surface area contributed by atoms with Crippen LogP contribution in [-0.4, -0.2) is 17.4 Å². The fraction of sp³-hybridized carbons (Fsp3) is 0.158. The summed E-state index contributed by atoms with van der Waals surface area (Å²) in [5.41, 5.74) is 9.05. The number of amides is 1. The number of fused-ring (bicyclic) bond motifs is 1. The van der Waals surface area contributed by atoms with E-state index in [1.165, 1.54) is 5.56 Å². The molecule has 0 atom stereocenters. The van der Waals surface area contributed by atoms with E-state index < -0.39 is 11.5 Å². The number of carbonyl (C=O) groups excluding carboxylic acids is 1. The van der Waals surface area contributed by atoms with Gasteiger partial charge < -0.3 is 16.0 Å². The van der Waals surface area contributed by atoms with Crippen LogP contribution in [0.1, 0.15) is 21.5 Å². The Labute approximate surface area is 139 Å². The van der Waals surface area contributed by atoms with Gasteiger partial charge >= 0.3 is 0 Å². The number of hydrogen-bond acceptors (Lipinski definition) is 3. The third-order valence-corrected chi connectivity index (χ3v) is 3.99. The van der Waals surface area contributed by atoms with Crippen LogP contribution in [0.2, 0.25) is 0 Å². The summed E-state index contributed by atoms with van der Waals surface area (Å²) in [5.74, 6) is -0.395. The maximum absolute atomic E-state index is 12.3. The average molecular weight is 321 g/mol. The Hall–Kier alpha value is -3.08. The zero-order valence-electron chi connectivity index (χ0n) is 13.4. The van der Waals surface area contributed by atoms with Crippen molar-refractivity contribution in [1.82, 2.24) is 10.3 Å². The molecule has 1 amide bonds. The van der Waals surface area contributed by atoms with Gasteiger partial charge in [0, 0.05) is 17.6 Å². The van der Waals surface area contributed by atoms with Crippen molar-refractivity contribution in [1.29, 1.82) is 0 Å². The number of nitrogen functional groups attached to an aromatic ring is 1. The van der Waals surface area contributed by atoms with Crippen molar-refractivity contribution < 1.29 is 4.79 Å².